The van der Waals surface area contributed by atoms with Gasteiger partial charge in [-0.3, -0.25) is 14.0 Å². The molecule has 21 heavy (non-hydrogen) atoms. The Labute approximate surface area is 122 Å². The van der Waals surface area contributed by atoms with Gasteiger partial charge in [-0.05, 0) is 31.9 Å². The van der Waals surface area contributed by atoms with Crippen LogP contribution in [0, 0.1) is 5.92 Å². The Kier molecular flexibility index (Phi) is 3.37. The number of hydrogen-bond acceptors (Lipinski definition) is 4. The van der Waals surface area contributed by atoms with Crippen LogP contribution in [0.1, 0.15) is 19.8 Å². The van der Waals surface area contributed by atoms with Gasteiger partial charge in [-0.1, -0.05) is 6.07 Å². The molecular weight excluding hydrogens is 268 g/mol. The van der Waals surface area contributed by atoms with Crippen molar-refractivity contribution in [2.75, 3.05) is 11.4 Å². The largest absolute Gasteiger partial charge is 0.369 e. The first-order chi connectivity index (χ1) is 10.1. The van der Waals surface area contributed by atoms with Crippen molar-refractivity contribution in [2.45, 2.75) is 25.8 Å². The topological polar surface area (TPSA) is 80.7 Å². The molecule has 1 amide bonds. The third-order valence-corrected chi connectivity index (χ3v) is 4.14. The lowest BCUT2D eigenvalue weighted by molar-refractivity contribution is -0.122. The second-order valence-corrected chi connectivity index (χ2v) is 5.56. The molecule has 0 unspecified atom stereocenters. The molecule has 110 valence electrons. The lowest BCUT2D eigenvalue weighted by Gasteiger charge is -2.37. The Balaban J connectivity index is 2.02. The lowest BCUT2D eigenvalue weighted by atomic mass is 9.93. The van der Waals surface area contributed by atoms with Crippen LogP contribution in [0.5, 0.6) is 0 Å². The fraction of sp³-hybridized carbons (Fsp3) is 0.400. The van der Waals surface area contributed by atoms with E-state index in [9.17, 15) is 9.59 Å². The Morgan fingerprint density at radius 1 is 1.38 bits per heavy atom. The van der Waals surface area contributed by atoms with E-state index < -0.39 is 0 Å². The van der Waals surface area contributed by atoms with E-state index in [-0.39, 0.29) is 23.4 Å². The molecule has 2 atom stereocenters. The lowest BCUT2D eigenvalue weighted by Crippen LogP contribution is -2.46. The van der Waals surface area contributed by atoms with E-state index in [2.05, 4.69) is 11.9 Å². The van der Waals surface area contributed by atoms with Crippen molar-refractivity contribution in [3.63, 3.8) is 0 Å². The highest BCUT2D eigenvalue weighted by molar-refractivity contribution is 5.77. The number of carbonyl (C=O) groups excluding carboxylic acids is 1. The highest BCUT2D eigenvalue weighted by Gasteiger charge is 2.29. The van der Waals surface area contributed by atoms with Crippen LogP contribution in [-0.2, 0) is 4.79 Å². The minimum atomic E-state index is -0.288. The molecule has 0 aliphatic carbocycles. The van der Waals surface area contributed by atoms with Gasteiger partial charge in [0.05, 0.1) is 5.92 Å². The van der Waals surface area contributed by atoms with E-state index in [1.165, 1.54) is 10.5 Å². The number of aromatic nitrogens is 2. The van der Waals surface area contributed by atoms with Crippen LogP contribution in [0.3, 0.4) is 0 Å². The number of nitrogens with two attached hydrogens (primary N) is 1. The smallest absolute Gasteiger partial charge is 0.259 e. The van der Waals surface area contributed by atoms with Crippen LogP contribution < -0.4 is 16.2 Å². The van der Waals surface area contributed by atoms with Crippen LogP contribution in [0.25, 0.3) is 5.65 Å². The zero-order valence-corrected chi connectivity index (χ0v) is 11.9. The van der Waals surface area contributed by atoms with E-state index in [0.717, 1.165) is 12.8 Å². The molecule has 6 heteroatoms. The summed E-state index contributed by atoms with van der Waals surface area (Å²) in [6.45, 7) is 2.59. The molecule has 1 aliphatic rings. The zero-order chi connectivity index (χ0) is 15.0. The second kappa shape index (κ2) is 5.20. The Bertz CT molecular complexity index is 740. The number of fused-ring (bicyclic) bond motifs is 1. The van der Waals surface area contributed by atoms with Gasteiger partial charge in [0.25, 0.3) is 5.56 Å². The first-order valence-corrected chi connectivity index (χ1v) is 7.10. The van der Waals surface area contributed by atoms with Crippen molar-refractivity contribution in [3.05, 3.63) is 40.8 Å². The summed E-state index contributed by atoms with van der Waals surface area (Å²) in [5.41, 5.74) is 5.91. The first kappa shape index (κ1) is 13.6. The Hall–Kier alpha value is -2.37. The van der Waals surface area contributed by atoms with E-state index >= 15 is 0 Å². The fourth-order valence-electron chi connectivity index (χ4n) is 2.85. The van der Waals surface area contributed by atoms with Crippen molar-refractivity contribution in [3.8, 4) is 0 Å². The molecule has 2 N–H and O–H groups in total. The average Bonchev–Trinajstić information content (AvgIpc) is 2.47. The number of hydrogen-bond donors (Lipinski definition) is 1. The predicted octanol–water partition coefficient (Wildman–Crippen LogP) is 0.785. The van der Waals surface area contributed by atoms with E-state index in [1.807, 2.05) is 11.0 Å². The summed E-state index contributed by atoms with van der Waals surface area (Å²) < 4.78 is 1.50. The molecule has 1 fully saturated rings. The summed E-state index contributed by atoms with van der Waals surface area (Å²) in [6.07, 6.45) is 3.35. The number of nitrogens with zero attached hydrogens (tertiary/aromatic N) is 3. The molecule has 0 spiro atoms. The highest BCUT2D eigenvalue weighted by Crippen LogP contribution is 2.25. The van der Waals surface area contributed by atoms with Gasteiger partial charge in [0.2, 0.25) is 5.91 Å². The van der Waals surface area contributed by atoms with Crippen LogP contribution >= 0.6 is 0 Å². The molecule has 2 aromatic rings. The maximum atomic E-state index is 12.2. The molecular formula is C15H18N4O2. The molecule has 3 heterocycles. The van der Waals surface area contributed by atoms with Gasteiger partial charge in [-0.25, -0.2) is 4.98 Å². The summed E-state index contributed by atoms with van der Waals surface area (Å²) in [5, 5.41) is 0. The quantitative estimate of drug-likeness (QED) is 0.885. The van der Waals surface area contributed by atoms with Crippen LogP contribution in [0.2, 0.25) is 0 Å². The predicted molar refractivity (Wildman–Crippen MR) is 80.2 cm³/mol. The van der Waals surface area contributed by atoms with E-state index in [1.54, 1.807) is 18.3 Å². The van der Waals surface area contributed by atoms with Crippen LogP contribution in [0.4, 0.5) is 5.82 Å². The summed E-state index contributed by atoms with van der Waals surface area (Å²) in [4.78, 5) is 30.1. The molecule has 6 nitrogen and oxygen atoms in total. The highest BCUT2D eigenvalue weighted by atomic mass is 16.1. The molecule has 1 aliphatic heterocycles. The van der Waals surface area contributed by atoms with Gasteiger partial charge in [0.1, 0.15) is 11.5 Å². The molecule has 1 saturated heterocycles. The summed E-state index contributed by atoms with van der Waals surface area (Å²) in [6, 6.07) is 7.19. The standard InChI is InChI=1S/C15H18N4O2/c1-10-5-6-11(15(16)21)9-19(10)13-8-14(20)18-7-3-2-4-12(18)17-13/h2-4,7-8,10-11H,5-6,9H2,1H3,(H2,16,21)/t10-,11+/m1/s1. The Morgan fingerprint density at radius 2 is 2.19 bits per heavy atom. The number of primary amides is 1. The van der Waals surface area contributed by atoms with Crippen molar-refractivity contribution in [1.29, 1.82) is 0 Å². The number of piperidine rings is 1. The molecule has 2 aromatic heterocycles. The number of amides is 1. The molecule has 3 rings (SSSR count). The molecule has 0 saturated carbocycles. The number of rotatable bonds is 2. The average molecular weight is 286 g/mol. The molecule has 0 radical (unpaired) electrons. The van der Waals surface area contributed by atoms with E-state index in [0.29, 0.717) is 18.0 Å². The zero-order valence-electron chi connectivity index (χ0n) is 11.9. The van der Waals surface area contributed by atoms with Crippen LogP contribution in [-0.4, -0.2) is 27.9 Å². The van der Waals surface area contributed by atoms with Crippen molar-refractivity contribution < 1.29 is 4.79 Å². The fourth-order valence-corrected chi connectivity index (χ4v) is 2.85. The SMILES string of the molecule is C[C@@H]1CC[C@H](C(N)=O)CN1c1cc(=O)n2ccccc2n1. The van der Waals surface area contributed by atoms with Gasteiger partial charge in [-0.15, -0.1) is 0 Å². The van der Waals surface area contributed by atoms with Crippen molar-refractivity contribution >= 4 is 17.4 Å². The normalized spacial score (nSPS) is 22.4. The maximum Gasteiger partial charge on any atom is 0.259 e. The third kappa shape index (κ3) is 2.49. The number of carbonyl (C=O) groups is 1. The van der Waals surface area contributed by atoms with Gasteiger partial charge in [-0.2, -0.15) is 0 Å². The van der Waals surface area contributed by atoms with Gasteiger partial charge in [0.15, 0.2) is 0 Å². The monoisotopic (exact) mass is 286 g/mol. The van der Waals surface area contributed by atoms with Gasteiger partial charge >= 0.3 is 0 Å². The van der Waals surface area contributed by atoms with Crippen molar-refractivity contribution in [1.82, 2.24) is 9.38 Å². The van der Waals surface area contributed by atoms with E-state index in [4.69, 9.17) is 5.73 Å². The number of pyridine rings is 1. The molecule has 0 bridgehead atoms. The summed E-state index contributed by atoms with van der Waals surface area (Å²) in [7, 11) is 0. The van der Waals surface area contributed by atoms with Crippen LogP contribution in [0.15, 0.2) is 35.3 Å². The minimum Gasteiger partial charge on any atom is -0.369 e. The van der Waals surface area contributed by atoms with Gasteiger partial charge < -0.3 is 10.6 Å². The van der Waals surface area contributed by atoms with Gasteiger partial charge in [0, 0.05) is 24.8 Å². The second-order valence-electron chi connectivity index (χ2n) is 5.56. The maximum absolute atomic E-state index is 12.2. The third-order valence-electron chi connectivity index (χ3n) is 4.14. The summed E-state index contributed by atoms with van der Waals surface area (Å²) >= 11 is 0. The number of anilines is 1. The molecule has 0 aromatic carbocycles. The first-order valence-electron chi connectivity index (χ1n) is 7.10. The minimum absolute atomic E-state index is 0.121. The van der Waals surface area contributed by atoms with Crippen molar-refractivity contribution in [2.24, 2.45) is 11.7 Å². The Morgan fingerprint density at radius 3 is 2.95 bits per heavy atom. The summed E-state index contributed by atoms with van der Waals surface area (Å²) in [5.74, 6) is 0.145.